The Morgan fingerprint density at radius 3 is 2.38 bits per heavy atom. The summed E-state index contributed by atoms with van der Waals surface area (Å²) in [4.78, 5) is 11.9. The van der Waals surface area contributed by atoms with E-state index in [4.69, 9.17) is 4.74 Å². The maximum Gasteiger partial charge on any atom is 0.259 e. The first-order chi connectivity index (χ1) is 11.6. The van der Waals surface area contributed by atoms with Gasteiger partial charge in [0.1, 0.15) is 11.5 Å². The number of nitrogens with one attached hydrogen (secondary N) is 2. The van der Waals surface area contributed by atoms with Crippen molar-refractivity contribution in [3.63, 3.8) is 0 Å². The highest BCUT2D eigenvalue weighted by molar-refractivity contribution is 6.01. The maximum absolute atomic E-state index is 11.9. The van der Waals surface area contributed by atoms with Gasteiger partial charge < -0.3 is 15.2 Å². The second-order valence-electron chi connectivity index (χ2n) is 5.08. The lowest BCUT2D eigenvalue weighted by Crippen LogP contribution is -2.27. The second kappa shape index (κ2) is 8.57. The highest BCUT2D eigenvalue weighted by Crippen LogP contribution is 2.14. The van der Waals surface area contributed by atoms with E-state index in [1.807, 2.05) is 31.2 Å². The number of nitrogens with zero attached hydrogens (tertiary/aromatic N) is 1. The number of ether oxygens (including phenoxy) is 1. The third kappa shape index (κ3) is 5.01. The molecule has 0 atom stereocenters. The molecule has 3 N–H and O–H groups in total. The molecule has 0 aliphatic rings. The molecule has 6 heteroatoms. The summed E-state index contributed by atoms with van der Waals surface area (Å²) in [5.74, 6) is 0.716. The number of methoxy groups -OCH3 is 1. The molecule has 126 valence electrons. The smallest absolute Gasteiger partial charge is 0.259 e. The van der Waals surface area contributed by atoms with Gasteiger partial charge in [0.2, 0.25) is 0 Å². The van der Waals surface area contributed by atoms with Crippen LogP contribution in [0, 0.1) is 0 Å². The summed E-state index contributed by atoms with van der Waals surface area (Å²) in [5, 5.41) is 16.5. The number of benzene rings is 2. The number of hydrazone groups is 1. The van der Waals surface area contributed by atoms with Crippen molar-refractivity contribution in [1.82, 2.24) is 5.43 Å². The molecule has 0 aromatic heterocycles. The average molecular weight is 327 g/mol. The number of phenolic OH excluding ortho intramolecular Hbond substituents is 1. The number of carbonyl (C=O) groups is 1. The Bertz CT molecular complexity index is 694. The number of rotatable bonds is 7. The zero-order valence-corrected chi connectivity index (χ0v) is 13.7. The van der Waals surface area contributed by atoms with Crippen LogP contribution in [0.5, 0.6) is 11.5 Å². The molecule has 2 aromatic carbocycles. The normalized spacial score (nSPS) is 11.0. The molecule has 0 saturated carbocycles. The first kappa shape index (κ1) is 17.3. The summed E-state index contributed by atoms with van der Waals surface area (Å²) < 4.78 is 5.08. The van der Waals surface area contributed by atoms with Gasteiger partial charge in [-0.15, -0.1) is 0 Å². The molecule has 24 heavy (non-hydrogen) atoms. The topological polar surface area (TPSA) is 83.0 Å². The van der Waals surface area contributed by atoms with Crippen molar-refractivity contribution < 1.29 is 14.6 Å². The van der Waals surface area contributed by atoms with E-state index in [1.54, 1.807) is 31.4 Å². The van der Waals surface area contributed by atoms with Gasteiger partial charge in [0.25, 0.3) is 5.91 Å². The Hall–Kier alpha value is -3.02. The van der Waals surface area contributed by atoms with E-state index in [0.717, 1.165) is 22.7 Å². The molecular weight excluding hydrogens is 306 g/mol. The molecule has 0 bridgehead atoms. The van der Waals surface area contributed by atoms with E-state index >= 15 is 0 Å². The lowest BCUT2D eigenvalue weighted by Gasteiger charge is -2.08. The van der Waals surface area contributed by atoms with Gasteiger partial charge in [-0.1, -0.05) is 6.92 Å². The molecule has 0 aliphatic carbocycles. The summed E-state index contributed by atoms with van der Waals surface area (Å²) in [7, 11) is 1.60. The zero-order valence-electron chi connectivity index (χ0n) is 13.7. The van der Waals surface area contributed by atoms with Gasteiger partial charge in [0, 0.05) is 5.69 Å². The van der Waals surface area contributed by atoms with Crippen LogP contribution in [-0.4, -0.2) is 30.4 Å². The summed E-state index contributed by atoms with van der Waals surface area (Å²) in [6.45, 7) is 2.07. The number of carbonyl (C=O) groups excluding carboxylic acids is 1. The fourth-order valence-corrected chi connectivity index (χ4v) is 2.06. The largest absolute Gasteiger partial charge is 0.508 e. The Kier molecular flexibility index (Phi) is 6.19. The van der Waals surface area contributed by atoms with Crippen molar-refractivity contribution in [1.29, 1.82) is 0 Å². The van der Waals surface area contributed by atoms with Gasteiger partial charge in [0.05, 0.1) is 19.4 Å². The molecule has 0 spiro atoms. The van der Waals surface area contributed by atoms with E-state index in [2.05, 4.69) is 15.8 Å². The van der Waals surface area contributed by atoms with Crippen molar-refractivity contribution in [3.8, 4) is 11.5 Å². The number of hydrogen-bond donors (Lipinski definition) is 3. The van der Waals surface area contributed by atoms with Gasteiger partial charge in [-0.2, -0.15) is 5.10 Å². The molecule has 6 nitrogen and oxygen atoms in total. The van der Waals surface area contributed by atoms with Crippen LogP contribution in [0.3, 0.4) is 0 Å². The van der Waals surface area contributed by atoms with Crippen LogP contribution < -0.4 is 15.5 Å². The third-order valence-electron chi connectivity index (χ3n) is 3.39. The highest BCUT2D eigenvalue weighted by atomic mass is 16.5. The number of amides is 1. The number of hydrogen-bond acceptors (Lipinski definition) is 5. The lowest BCUT2D eigenvalue weighted by molar-refractivity contribution is -0.119. The van der Waals surface area contributed by atoms with Crippen molar-refractivity contribution in [2.24, 2.45) is 5.10 Å². The minimum Gasteiger partial charge on any atom is -0.508 e. The lowest BCUT2D eigenvalue weighted by atomic mass is 10.1. The van der Waals surface area contributed by atoms with Gasteiger partial charge in [-0.25, -0.2) is 5.43 Å². The number of aromatic hydroxyl groups is 1. The van der Waals surface area contributed by atoms with Crippen LogP contribution in [0.4, 0.5) is 5.69 Å². The highest BCUT2D eigenvalue weighted by Gasteiger charge is 2.04. The van der Waals surface area contributed by atoms with Crippen molar-refractivity contribution >= 4 is 17.3 Å². The fourth-order valence-electron chi connectivity index (χ4n) is 2.06. The molecule has 0 aliphatic heterocycles. The van der Waals surface area contributed by atoms with Crippen LogP contribution in [-0.2, 0) is 4.79 Å². The van der Waals surface area contributed by atoms with E-state index < -0.39 is 0 Å². The molecule has 0 fully saturated rings. The van der Waals surface area contributed by atoms with Crippen LogP contribution in [0.2, 0.25) is 0 Å². The van der Waals surface area contributed by atoms with E-state index in [-0.39, 0.29) is 18.2 Å². The Balaban J connectivity index is 1.89. The molecular formula is C18H21N3O3. The standard InChI is InChI=1S/C18H21N3O3/c1-3-17(13-4-8-15(22)9-5-13)20-21-18(23)12-19-14-6-10-16(24-2)11-7-14/h4-11,19,22H,3,12H2,1-2H3,(H,21,23)/b20-17-. The van der Waals surface area contributed by atoms with Gasteiger partial charge >= 0.3 is 0 Å². The average Bonchev–Trinajstić information content (AvgIpc) is 2.62. The molecule has 0 radical (unpaired) electrons. The minimum absolute atomic E-state index is 0.113. The fraction of sp³-hybridized carbons (Fsp3) is 0.222. The minimum atomic E-state index is -0.240. The third-order valence-corrected chi connectivity index (χ3v) is 3.39. The maximum atomic E-state index is 11.9. The van der Waals surface area contributed by atoms with E-state index in [0.29, 0.717) is 6.42 Å². The Morgan fingerprint density at radius 1 is 1.12 bits per heavy atom. The van der Waals surface area contributed by atoms with Crippen LogP contribution in [0.1, 0.15) is 18.9 Å². The first-order valence-electron chi connectivity index (χ1n) is 7.65. The number of phenols is 1. The molecule has 1 amide bonds. The molecule has 0 unspecified atom stereocenters. The molecule has 2 aromatic rings. The van der Waals surface area contributed by atoms with E-state index in [9.17, 15) is 9.90 Å². The van der Waals surface area contributed by atoms with E-state index in [1.165, 1.54) is 0 Å². The monoisotopic (exact) mass is 327 g/mol. The van der Waals surface area contributed by atoms with Crippen LogP contribution in [0.15, 0.2) is 53.6 Å². The summed E-state index contributed by atoms with van der Waals surface area (Å²) >= 11 is 0. The van der Waals surface area contributed by atoms with Gasteiger partial charge in [-0.05, 0) is 60.5 Å². The predicted molar refractivity (Wildman–Crippen MR) is 94.6 cm³/mol. The van der Waals surface area contributed by atoms with Crippen molar-refractivity contribution in [2.75, 3.05) is 19.0 Å². The SMILES string of the molecule is CC/C(=N/NC(=O)CNc1ccc(OC)cc1)c1ccc(O)cc1. The Labute approximate surface area is 141 Å². The summed E-state index contributed by atoms with van der Waals surface area (Å²) in [6.07, 6.45) is 0.664. The summed E-state index contributed by atoms with van der Waals surface area (Å²) in [6, 6.07) is 14.0. The van der Waals surface area contributed by atoms with Gasteiger partial charge in [0.15, 0.2) is 0 Å². The Morgan fingerprint density at radius 2 is 1.79 bits per heavy atom. The number of anilines is 1. The second-order valence-corrected chi connectivity index (χ2v) is 5.08. The van der Waals surface area contributed by atoms with Crippen molar-refractivity contribution in [3.05, 3.63) is 54.1 Å². The van der Waals surface area contributed by atoms with Crippen LogP contribution in [0.25, 0.3) is 0 Å². The van der Waals surface area contributed by atoms with Gasteiger partial charge in [-0.3, -0.25) is 4.79 Å². The molecule has 0 heterocycles. The molecule has 2 rings (SSSR count). The summed E-state index contributed by atoms with van der Waals surface area (Å²) in [5.41, 5.74) is 4.97. The quantitative estimate of drug-likeness (QED) is 0.539. The van der Waals surface area contributed by atoms with Crippen LogP contribution >= 0.6 is 0 Å². The molecule has 0 saturated heterocycles. The first-order valence-corrected chi connectivity index (χ1v) is 7.65. The zero-order chi connectivity index (χ0) is 17.4. The predicted octanol–water partition coefficient (Wildman–Crippen LogP) is 2.74. The van der Waals surface area contributed by atoms with Crippen molar-refractivity contribution in [2.45, 2.75) is 13.3 Å².